The average molecular weight is 353 g/mol. The number of hydrogen-bond acceptors (Lipinski definition) is 6. The van der Waals surface area contributed by atoms with Crippen LogP contribution in [0.3, 0.4) is 0 Å². The Morgan fingerprint density at radius 3 is 2.57 bits per heavy atom. The van der Waals surface area contributed by atoms with Gasteiger partial charge < -0.3 is 15.0 Å². The third kappa shape index (κ3) is 2.66. The van der Waals surface area contributed by atoms with Crippen LogP contribution in [0.25, 0.3) is 11.2 Å². The minimum Gasteiger partial charge on any atom is -0.496 e. The van der Waals surface area contributed by atoms with Crippen molar-refractivity contribution >= 4 is 40.3 Å². The van der Waals surface area contributed by atoms with E-state index in [1.807, 2.05) is 13.8 Å². The number of rotatable bonds is 3. The van der Waals surface area contributed by atoms with Gasteiger partial charge in [0.1, 0.15) is 16.4 Å². The molecular weight excluding hydrogens is 339 g/mol. The van der Waals surface area contributed by atoms with E-state index < -0.39 is 0 Å². The van der Waals surface area contributed by atoms with Gasteiger partial charge in [0.15, 0.2) is 10.8 Å². The molecule has 0 aliphatic carbocycles. The molecule has 0 aliphatic heterocycles. The Hall–Kier alpha value is -2.12. The predicted molar refractivity (Wildman–Crippen MR) is 89.1 cm³/mol. The first-order valence-electron chi connectivity index (χ1n) is 6.75. The first kappa shape index (κ1) is 15.8. The van der Waals surface area contributed by atoms with Crippen molar-refractivity contribution in [2.45, 2.75) is 20.4 Å². The number of anilines is 1. The van der Waals surface area contributed by atoms with E-state index in [1.165, 1.54) is 0 Å². The van der Waals surface area contributed by atoms with Crippen molar-refractivity contribution in [3.63, 3.8) is 0 Å². The maximum atomic E-state index is 6.20. The van der Waals surface area contributed by atoms with Crippen LogP contribution in [0.2, 0.25) is 10.3 Å². The maximum absolute atomic E-state index is 6.20. The van der Waals surface area contributed by atoms with E-state index in [4.69, 9.17) is 33.7 Å². The summed E-state index contributed by atoms with van der Waals surface area (Å²) in [7, 11) is 1.61. The zero-order chi connectivity index (χ0) is 16.7. The largest absolute Gasteiger partial charge is 0.496 e. The second kappa shape index (κ2) is 5.82. The van der Waals surface area contributed by atoms with Gasteiger partial charge in [0.05, 0.1) is 25.7 Å². The topological polar surface area (TPSA) is 91.7 Å². The predicted octanol–water partition coefficient (Wildman–Crippen LogP) is 2.78. The van der Waals surface area contributed by atoms with Crippen LogP contribution in [0.1, 0.15) is 16.8 Å². The summed E-state index contributed by atoms with van der Waals surface area (Å²) in [5.74, 6) is 0.810. The summed E-state index contributed by atoms with van der Waals surface area (Å²) in [5, 5.41) is 0.620. The Kier molecular flexibility index (Phi) is 3.99. The molecular formula is C14H14Cl2N6O. The molecule has 3 aromatic heterocycles. The molecule has 0 fully saturated rings. The standard InChI is InChI=1S/C14H14Cl2N6O/c1-6-8(19-11(15)7(2)10(6)23-3)4-22-5-18-9-12(16)20-14(17)21-13(9)22/h5H,4H2,1-3H3,(H2,17,20,21). The Morgan fingerprint density at radius 2 is 1.87 bits per heavy atom. The lowest BCUT2D eigenvalue weighted by Gasteiger charge is -2.14. The first-order valence-corrected chi connectivity index (χ1v) is 7.51. The van der Waals surface area contributed by atoms with E-state index in [-0.39, 0.29) is 11.1 Å². The quantitative estimate of drug-likeness (QED) is 0.575. The maximum Gasteiger partial charge on any atom is 0.223 e. The minimum atomic E-state index is 0.0912. The molecule has 0 aromatic carbocycles. The Balaban J connectivity index is 2.12. The summed E-state index contributed by atoms with van der Waals surface area (Å²) in [6.07, 6.45) is 1.62. The molecule has 0 atom stereocenters. The highest BCUT2D eigenvalue weighted by Crippen LogP contribution is 2.30. The summed E-state index contributed by atoms with van der Waals surface area (Å²) in [4.78, 5) is 16.8. The average Bonchev–Trinajstić information content (AvgIpc) is 2.89. The molecule has 7 nitrogen and oxygen atoms in total. The number of imidazole rings is 1. The molecule has 0 spiro atoms. The van der Waals surface area contributed by atoms with Crippen molar-refractivity contribution in [1.29, 1.82) is 0 Å². The van der Waals surface area contributed by atoms with Gasteiger partial charge in [-0.1, -0.05) is 23.2 Å². The fraction of sp³-hybridized carbons (Fsp3) is 0.286. The summed E-state index contributed by atoms with van der Waals surface area (Å²) in [6.45, 7) is 4.21. The number of nitrogens with two attached hydrogens (primary N) is 1. The SMILES string of the molecule is COc1c(C)c(Cl)nc(Cn2cnc3c(Cl)nc(N)nc32)c1C. The molecule has 0 amide bonds. The third-order valence-corrected chi connectivity index (χ3v) is 4.25. The van der Waals surface area contributed by atoms with Crippen molar-refractivity contribution in [1.82, 2.24) is 24.5 Å². The molecule has 120 valence electrons. The number of pyridine rings is 1. The zero-order valence-electron chi connectivity index (χ0n) is 12.8. The molecule has 0 saturated heterocycles. The van der Waals surface area contributed by atoms with Gasteiger partial charge in [0, 0.05) is 11.1 Å². The number of nitrogens with zero attached hydrogens (tertiary/aromatic N) is 5. The summed E-state index contributed by atoms with van der Waals surface area (Å²) in [6, 6.07) is 0. The molecule has 2 N–H and O–H groups in total. The number of aromatic nitrogens is 5. The Bertz CT molecular complexity index is 908. The van der Waals surface area contributed by atoms with Crippen LogP contribution < -0.4 is 10.5 Å². The Morgan fingerprint density at radius 1 is 1.13 bits per heavy atom. The summed E-state index contributed by atoms with van der Waals surface area (Å²) < 4.78 is 7.22. The number of nitrogen functional groups attached to an aromatic ring is 1. The first-order chi connectivity index (χ1) is 10.9. The van der Waals surface area contributed by atoms with Gasteiger partial charge in [-0.05, 0) is 13.8 Å². The van der Waals surface area contributed by atoms with Gasteiger partial charge in [-0.15, -0.1) is 0 Å². The zero-order valence-corrected chi connectivity index (χ0v) is 14.3. The number of methoxy groups -OCH3 is 1. The summed E-state index contributed by atoms with van der Waals surface area (Å²) in [5.41, 5.74) is 9.16. The van der Waals surface area contributed by atoms with E-state index in [0.717, 1.165) is 22.6 Å². The summed E-state index contributed by atoms with van der Waals surface area (Å²) >= 11 is 12.2. The van der Waals surface area contributed by atoms with Crippen LogP contribution >= 0.6 is 23.2 Å². The van der Waals surface area contributed by atoms with Gasteiger partial charge in [0.2, 0.25) is 5.95 Å². The fourth-order valence-electron chi connectivity index (χ4n) is 2.45. The van der Waals surface area contributed by atoms with Crippen LogP contribution in [0.5, 0.6) is 5.75 Å². The Labute approximate surface area is 142 Å². The second-order valence-corrected chi connectivity index (χ2v) is 5.77. The number of halogens is 2. The van der Waals surface area contributed by atoms with Crippen molar-refractivity contribution in [3.8, 4) is 5.75 Å². The van der Waals surface area contributed by atoms with Gasteiger partial charge in [-0.3, -0.25) is 0 Å². The molecule has 3 heterocycles. The lowest BCUT2D eigenvalue weighted by atomic mass is 10.1. The van der Waals surface area contributed by atoms with Crippen LogP contribution in [0.15, 0.2) is 6.33 Å². The number of fused-ring (bicyclic) bond motifs is 1. The molecule has 0 unspecified atom stereocenters. The van der Waals surface area contributed by atoms with E-state index in [0.29, 0.717) is 22.9 Å². The van der Waals surface area contributed by atoms with Gasteiger partial charge in [-0.25, -0.2) is 9.97 Å². The van der Waals surface area contributed by atoms with Crippen LogP contribution in [0, 0.1) is 13.8 Å². The van der Waals surface area contributed by atoms with Gasteiger partial charge in [-0.2, -0.15) is 9.97 Å². The second-order valence-electron chi connectivity index (χ2n) is 5.05. The smallest absolute Gasteiger partial charge is 0.223 e. The van der Waals surface area contributed by atoms with Gasteiger partial charge in [0.25, 0.3) is 0 Å². The lowest BCUT2D eigenvalue weighted by Crippen LogP contribution is -2.07. The number of ether oxygens (including phenoxy) is 1. The monoisotopic (exact) mass is 352 g/mol. The van der Waals surface area contributed by atoms with Crippen molar-refractivity contribution in [3.05, 3.63) is 33.5 Å². The van der Waals surface area contributed by atoms with Crippen LogP contribution in [-0.2, 0) is 6.54 Å². The van der Waals surface area contributed by atoms with Crippen LogP contribution in [-0.4, -0.2) is 31.6 Å². The molecule has 3 rings (SSSR count). The molecule has 9 heteroatoms. The fourth-order valence-corrected chi connectivity index (χ4v) is 2.86. The highest BCUT2D eigenvalue weighted by Gasteiger charge is 2.16. The van der Waals surface area contributed by atoms with E-state index >= 15 is 0 Å². The molecule has 0 aliphatic rings. The minimum absolute atomic E-state index is 0.0912. The molecule has 3 aromatic rings. The van der Waals surface area contributed by atoms with E-state index in [2.05, 4.69) is 19.9 Å². The third-order valence-electron chi connectivity index (χ3n) is 3.62. The molecule has 0 radical (unpaired) electrons. The highest BCUT2D eigenvalue weighted by atomic mass is 35.5. The van der Waals surface area contributed by atoms with Crippen molar-refractivity contribution in [2.75, 3.05) is 12.8 Å². The molecule has 0 bridgehead atoms. The van der Waals surface area contributed by atoms with Crippen molar-refractivity contribution < 1.29 is 4.74 Å². The van der Waals surface area contributed by atoms with Crippen LogP contribution in [0.4, 0.5) is 5.95 Å². The highest BCUT2D eigenvalue weighted by molar-refractivity contribution is 6.33. The number of hydrogen-bond donors (Lipinski definition) is 1. The van der Waals surface area contributed by atoms with Crippen molar-refractivity contribution in [2.24, 2.45) is 0 Å². The molecule has 23 heavy (non-hydrogen) atoms. The van der Waals surface area contributed by atoms with E-state index in [1.54, 1.807) is 18.0 Å². The van der Waals surface area contributed by atoms with Gasteiger partial charge >= 0.3 is 0 Å². The van der Waals surface area contributed by atoms with E-state index in [9.17, 15) is 0 Å². The molecule has 0 saturated carbocycles. The normalized spacial score (nSPS) is 11.2. The lowest BCUT2D eigenvalue weighted by molar-refractivity contribution is 0.406.